The van der Waals surface area contributed by atoms with Gasteiger partial charge < -0.3 is 24.8 Å². The molecule has 0 spiro atoms. The molecule has 0 bridgehead atoms. The summed E-state index contributed by atoms with van der Waals surface area (Å²) in [4.78, 5) is 7.26. The van der Waals surface area contributed by atoms with Gasteiger partial charge in [0.2, 0.25) is 0 Å². The highest BCUT2D eigenvalue weighted by Gasteiger charge is 2.33. The molecule has 1 heterocycles. The first-order valence-corrected chi connectivity index (χ1v) is 12.3. The van der Waals surface area contributed by atoms with E-state index >= 15 is 0 Å². The Hall–Kier alpha value is -1.83. The van der Waals surface area contributed by atoms with E-state index in [1.54, 1.807) is 7.11 Å². The topological polar surface area (TPSA) is 67.4 Å². The normalized spacial score (nSPS) is 19.1. The molecule has 1 aromatic rings. The van der Waals surface area contributed by atoms with Crippen LogP contribution in [-0.2, 0) is 16.0 Å². The zero-order valence-corrected chi connectivity index (χ0v) is 20.0. The van der Waals surface area contributed by atoms with Crippen LogP contribution in [0.25, 0.3) is 0 Å². The van der Waals surface area contributed by atoms with Crippen LogP contribution in [0.5, 0.6) is 5.75 Å². The molecule has 7 heteroatoms. The predicted molar refractivity (Wildman–Crippen MR) is 129 cm³/mol. The summed E-state index contributed by atoms with van der Waals surface area (Å²) in [6, 6.07) is 8.23. The lowest BCUT2D eigenvalue weighted by atomic mass is 9.83. The van der Waals surface area contributed by atoms with E-state index < -0.39 is 0 Å². The molecule has 2 aliphatic rings. The molecule has 1 aromatic carbocycles. The molecule has 3 rings (SSSR count). The largest absolute Gasteiger partial charge is 0.492 e. The molecule has 0 amide bonds. The molecule has 1 saturated carbocycles. The Kier molecular flexibility index (Phi) is 10.6. The van der Waals surface area contributed by atoms with Crippen molar-refractivity contribution in [2.75, 3.05) is 66.3 Å². The summed E-state index contributed by atoms with van der Waals surface area (Å²) in [5, 5.41) is 7.02. The van der Waals surface area contributed by atoms with Crippen LogP contribution in [0.15, 0.2) is 29.3 Å². The Balaban J connectivity index is 1.54. The molecule has 7 nitrogen and oxygen atoms in total. The number of guanidine groups is 1. The molecular weight excluding hydrogens is 404 g/mol. The number of ether oxygens (including phenoxy) is 3. The van der Waals surface area contributed by atoms with Crippen LogP contribution in [-0.4, -0.2) is 77.1 Å². The molecule has 2 fully saturated rings. The van der Waals surface area contributed by atoms with Crippen molar-refractivity contribution in [2.45, 2.75) is 45.6 Å². The maximum absolute atomic E-state index is 6.13. The van der Waals surface area contributed by atoms with Gasteiger partial charge in [0.05, 0.1) is 19.8 Å². The van der Waals surface area contributed by atoms with Gasteiger partial charge in [-0.1, -0.05) is 31.0 Å². The van der Waals surface area contributed by atoms with E-state index in [2.05, 4.69) is 34.6 Å². The van der Waals surface area contributed by atoms with Crippen molar-refractivity contribution in [3.63, 3.8) is 0 Å². The molecule has 1 aliphatic heterocycles. The number of para-hydroxylation sites is 1. The second kappa shape index (κ2) is 13.7. The lowest BCUT2D eigenvalue weighted by Gasteiger charge is -2.30. The number of nitrogens with one attached hydrogen (secondary N) is 2. The number of nitrogens with zero attached hydrogens (tertiary/aromatic N) is 2. The average Bonchev–Trinajstić information content (AvgIpc) is 3.30. The third-order valence-electron chi connectivity index (χ3n) is 6.62. The molecule has 0 unspecified atom stereocenters. The molecule has 0 aromatic heterocycles. The van der Waals surface area contributed by atoms with Crippen molar-refractivity contribution in [1.82, 2.24) is 15.5 Å². The van der Waals surface area contributed by atoms with Gasteiger partial charge in [0, 0.05) is 52.0 Å². The number of methoxy groups -OCH3 is 1. The third kappa shape index (κ3) is 7.94. The van der Waals surface area contributed by atoms with Crippen molar-refractivity contribution >= 4 is 5.96 Å². The van der Waals surface area contributed by atoms with Gasteiger partial charge in [-0.15, -0.1) is 0 Å². The number of rotatable bonds is 12. The van der Waals surface area contributed by atoms with Crippen LogP contribution in [0, 0.1) is 5.41 Å². The molecule has 32 heavy (non-hydrogen) atoms. The van der Waals surface area contributed by atoms with Gasteiger partial charge in [-0.3, -0.25) is 4.90 Å². The molecule has 1 saturated heterocycles. The van der Waals surface area contributed by atoms with E-state index in [9.17, 15) is 0 Å². The van der Waals surface area contributed by atoms with Crippen LogP contribution < -0.4 is 15.4 Å². The Morgan fingerprint density at radius 2 is 1.91 bits per heavy atom. The van der Waals surface area contributed by atoms with Crippen molar-refractivity contribution in [3.8, 4) is 5.75 Å². The van der Waals surface area contributed by atoms with Crippen LogP contribution >= 0.6 is 0 Å². The van der Waals surface area contributed by atoms with Crippen molar-refractivity contribution < 1.29 is 14.2 Å². The van der Waals surface area contributed by atoms with Gasteiger partial charge in [0.25, 0.3) is 0 Å². The second-order valence-corrected chi connectivity index (χ2v) is 8.91. The van der Waals surface area contributed by atoms with Crippen LogP contribution in [0.2, 0.25) is 0 Å². The summed E-state index contributed by atoms with van der Waals surface area (Å²) < 4.78 is 16.9. The molecule has 1 aliphatic carbocycles. The first-order chi connectivity index (χ1) is 15.7. The first-order valence-electron chi connectivity index (χ1n) is 12.3. The molecule has 0 radical (unpaired) electrons. The van der Waals surface area contributed by atoms with Crippen molar-refractivity contribution in [3.05, 3.63) is 29.8 Å². The minimum Gasteiger partial charge on any atom is -0.492 e. The smallest absolute Gasteiger partial charge is 0.191 e. The Morgan fingerprint density at radius 3 is 2.66 bits per heavy atom. The van der Waals surface area contributed by atoms with Crippen molar-refractivity contribution in [1.29, 1.82) is 0 Å². The number of aliphatic imine (C=N–C) groups is 1. The Bertz CT molecular complexity index is 686. The maximum Gasteiger partial charge on any atom is 0.191 e. The van der Waals surface area contributed by atoms with Crippen molar-refractivity contribution in [2.24, 2.45) is 10.4 Å². The van der Waals surface area contributed by atoms with Crippen LogP contribution in [0.4, 0.5) is 0 Å². The van der Waals surface area contributed by atoms with E-state index in [1.165, 1.54) is 25.7 Å². The lowest BCUT2D eigenvalue weighted by Crippen LogP contribution is -2.43. The fourth-order valence-electron chi connectivity index (χ4n) is 4.62. The monoisotopic (exact) mass is 446 g/mol. The Morgan fingerprint density at radius 1 is 1.12 bits per heavy atom. The van der Waals surface area contributed by atoms with Gasteiger partial charge in [0.15, 0.2) is 5.96 Å². The van der Waals surface area contributed by atoms with Gasteiger partial charge in [-0.05, 0) is 37.7 Å². The number of benzene rings is 1. The number of morpholine rings is 1. The highest BCUT2D eigenvalue weighted by molar-refractivity contribution is 5.79. The zero-order valence-electron chi connectivity index (χ0n) is 20.0. The average molecular weight is 447 g/mol. The zero-order chi connectivity index (χ0) is 22.5. The minimum atomic E-state index is 0.326. The van der Waals surface area contributed by atoms with Gasteiger partial charge in [-0.2, -0.15) is 0 Å². The minimum absolute atomic E-state index is 0.326. The van der Waals surface area contributed by atoms with E-state index in [-0.39, 0.29) is 0 Å². The van der Waals surface area contributed by atoms with Gasteiger partial charge in [-0.25, -0.2) is 4.99 Å². The quantitative estimate of drug-likeness (QED) is 0.380. The summed E-state index contributed by atoms with van der Waals surface area (Å²) >= 11 is 0. The second-order valence-electron chi connectivity index (χ2n) is 8.91. The summed E-state index contributed by atoms with van der Waals surface area (Å²) in [6.45, 7) is 10.5. The summed E-state index contributed by atoms with van der Waals surface area (Å²) in [5.41, 5.74) is 1.44. The third-order valence-corrected chi connectivity index (χ3v) is 6.62. The first kappa shape index (κ1) is 24.8. The summed E-state index contributed by atoms with van der Waals surface area (Å²) in [7, 11) is 1.79. The van der Waals surface area contributed by atoms with E-state index in [0.717, 1.165) is 76.2 Å². The van der Waals surface area contributed by atoms with E-state index in [4.69, 9.17) is 19.2 Å². The SMILES string of the molecule is CCNC(=NCc1ccccc1OCCN1CCOCC1)NCC1(CCOC)CCCC1. The molecule has 0 atom stereocenters. The maximum atomic E-state index is 6.13. The van der Waals surface area contributed by atoms with Crippen LogP contribution in [0.3, 0.4) is 0 Å². The number of hydrogen-bond acceptors (Lipinski definition) is 5. The summed E-state index contributed by atoms with van der Waals surface area (Å²) in [6.07, 6.45) is 6.27. The Labute approximate surface area is 193 Å². The summed E-state index contributed by atoms with van der Waals surface area (Å²) in [5.74, 6) is 1.80. The number of hydrogen-bond donors (Lipinski definition) is 2. The molecular formula is C25H42N4O3. The van der Waals surface area contributed by atoms with E-state index in [0.29, 0.717) is 18.6 Å². The van der Waals surface area contributed by atoms with Crippen LogP contribution in [0.1, 0.15) is 44.6 Å². The predicted octanol–water partition coefficient (Wildman–Crippen LogP) is 3.05. The van der Waals surface area contributed by atoms with Gasteiger partial charge >= 0.3 is 0 Å². The molecule has 2 N–H and O–H groups in total. The highest BCUT2D eigenvalue weighted by atomic mass is 16.5. The molecule has 180 valence electrons. The van der Waals surface area contributed by atoms with Gasteiger partial charge in [0.1, 0.15) is 12.4 Å². The lowest BCUT2D eigenvalue weighted by molar-refractivity contribution is 0.0322. The fourth-order valence-corrected chi connectivity index (χ4v) is 4.62. The standard InChI is InChI=1S/C25H42N4O3/c1-3-26-24(28-21-25(12-16-30-2)10-6-7-11-25)27-20-22-8-4-5-9-23(22)32-19-15-29-13-17-31-18-14-29/h4-5,8-9H,3,6-7,10-21H2,1-2H3,(H2,26,27,28). The van der Waals surface area contributed by atoms with E-state index in [1.807, 2.05) is 12.1 Å². The fraction of sp³-hybridized carbons (Fsp3) is 0.720. The highest BCUT2D eigenvalue weighted by Crippen LogP contribution is 2.40.